The molecule has 0 radical (unpaired) electrons. The first-order valence-corrected chi connectivity index (χ1v) is 5.37. The van der Waals surface area contributed by atoms with Gasteiger partial charge in [0, 0.05) is 18.7 Å². The van der Waals surface area contributed by atoms with Gasteiger partial charge in [-0.15, -0.1) is 10.2 Å². The van der Waals surface area contributed by atoms with Crippen molar-refractivity contribution in [3.63, 3.8) is 0 Å². The third kappa shape index (κ3) is 1.33. The van der Waals surface area contributed by atoms with Gasteiger partial charge < -0.3 is 5.32 Å². The average Bonchev–Trinajstić information content (AvgIpc) is 2.85. The number of pyridine rings is 1. The molecule has 0 bridgehead atoms. The Kier molecular flexibility index (Phi) is 1.95. The number of nitrogens with one attached hydrogen (secondary N) is 1. The maximum Gasteiger partial charge on any atom is 0.163 e. The first-order valence-electron chi connectivity index (χ1n) is 5.37. The van der Waals surface area contributed by atoms with E-state index in [2.05, 4.69) is 45.2 Å². The third-order valence-corrected chi connectivity index (χ3v) is 3.08. The van der Waals surface area contributed by atoms with Crippen LogP contribution < -0.4 is 5.32 Å². The molecule has 1 fully saturated rings. The van der Waals surface area contributed by atoms with E-state index >= 15 is 0 Å². The largest absolute Gasteiger partial charge is 0.316 e. The number of aryl methyl sites for hydroxylation is 1. The molecule has 1 aliphatic heterocycles. The van der Waals surface area contributed by atoms with Gasteiger partial charge in [-0.25, -0.2) is 0 Å². The number of nitrogens with zero attached hydrogens (tertiary/aromatic N) is 3. The summed E-state index contributed by atoms with van der Waals surface area (Å²) in [6, 6.07) is 4.12. The highest BCUT2D eigenvalue weighted by Crippen LogP contribution is 2.21. The van der Waals surface area contributed by atoms with Gasteiger partial charge in [0.15, 0.2) is 5.65 Å². The maximum absolute atomic E-state index is 4.31. The Morgan fingerprint density at radius 2 is 2.40 bits per heavy atom. The van der Waals surface area contributed by atoms with Gasteiger partial charge in [0.25, 0.3) is 0 Å². The second-order valence-electron chi connectivity index (χ2n) is 4.13. The Hall–Kier alpha value is -1.42. The molecule has 2 aromatic rings. The van der Waals surface area contributed by atoms with Crippen molar-refractivity contribution < 1.29 is 0 Å². The van der Waals surface area contributed by atoms with Crippen molar-refractivity contribution in [2.24, 2.45) is 0 Å². The smallest absolute Gasteiger partial charge is 0.163 e. The molecule has 0 aromatic carbocycles. The first kappa shape index (κ1) is 8.85. The molecule has 15 heavy (non-hydrogen) atoms. The van der Waals surface area contributed by atoms with Gasteiger partial charge in [-0.05, 0) is 31.5 Å². The molecule has 3 rings (SSSR count). The fourth-order valence-corrected chi connectivity index (χ4v) is 2.22. The zero-order valence-electron chi connectivity index (χ0n) is 8.77. The van der Waals surface area contributed by atoms with Crippen molar-refractivity contribution in [2.45, 2.75) is 19.3 Å². The van der Waals surface area contributed by atoms with E-state index in [0.717, 1.165) is 31.0 Å². The Labute approximate surface area is 88.3 Å². The molecule has 2 aromatic heterocycles. The van der Waals surface area contributed by atoms with Crippen molar-refractivity contribution in [1.29, 1.82) is 0 Å². The number of fused-ring (bicyclic) bond motifs is 1. The van der Waals surface area contributed by atoms with Gasteiger partial charge in [-0.3, -0.25) is 4.40 Å². The van der Waals surface area contributed by atoms with E-state index in [1.54, 1.807) is 0 Å². The van der Waals surface area contributed by atoms with E-state index in [1.807, 2.05) is 0 Å². The van der Waals surface area contributed by atoms with Crippen LogP contribution in [0.25, 0.3) is 5.65 Å². The minimum Gasteiger partial charge on any atom is -0.316 e. The summed E-state index contributed by atoms with van der Waals surface area (Å²) in [5.41, 5.74) is 2.17. The molecule has 78 valence electrons. The molecule has 0 spiro atoms. The average molecular weight is 202 g/mol. The molecule has 1 unspecified atom stereocenters. The van der Waals surface area contributed by atoms with Crippen molar-refractivity contribution >= 4 is 5.65 Å². The Balaban J connectivity index is 2.15. The van der Waals surface area contributed by atoms with Gasteiger partial charge in [0.2, 0.25) is 0 Å². The van der Waals surface area contributed by atoms with Gasteiger partial charge in [-0.1, -0.05) is 6.07 Å². The molecule has 1 saturated heterocycles. The third-order valence-electron chi connectivity index (χ3n) is 3.08. The highest BCUT2D eigenvalue weighted by atomic mass is 15.3. The number of aromatic nitrogens is 3. The van der Waals surface area contributed by atoms with Gasteiger partial charge in [-0.2, -0.15) is 0 Å². The molecule has 1 N–H and O–H groups in total. The van der Waals surface area contributed by atoms with Crippen LogP contribution in [0.3, 0.4) is 0 Å². The molecule has 1 atom stereocenters. The topological polar surface area (TPSA) is 42.2 Å². The molecular formula is C11H14N4. The zero-order valence-corrected chi connectivity index (χ0v) is 8.77. The Bertz CT molecular complexity index is 482. The predicted molar refractivity (Wildman–Crippen MR) is 58.0 cm³/mol. The Morgan fingerprint density at radius 3 is 3.20 bits per heavy atom. The van der Waals surface area contributed by atoms with Gasteiger partial charge in [0.1, 0.15) is 5.82 Å². The lowest BCUT2D eigenvalue weighted by Gasteiger charge is -2.05. The molecule has 0 saturated carbocycles. The van der Waals surface area contributed by atoms with Crippen LogP contribution in [-0.2, 0) is 0 Å². The lowest BCUT2D eigenvalue weighted by molar-refractivity contribution is 0.691. The summed E-state index contributed by atoms with van der Waals surface area (Å²) in [5.74, 6) is 1.61. The van der Waals surface area contributed by atoms with Crippen molar-refractivity contribution in [1.82, 2.24) is 19.9 Å². The molecular weight excluding hydrogens is 188 g/mol. The number of rotatable bonds is 1. The second-order valence-corrected chi connectivity index (χ2v) is 4.13. The zero-order chi connectivity index (χ0) is 10.3. The molecule has 4 heteroatoms. The van der Waals surface area contributed by atoms with E-state index in [4.69, 9.17) is 0 Å². The van der Waals surface area contributed by atoms with E-state index in [-0.39, 0.29) is 0 Å². The van der Waals surface area contributed by atoms with Crippen LogP contribution in [0.4, 0.5) is 0 Å². The van der Waals surface area contributed by atoms with Crippen LogP contribution >= 0.6 is 0 Å². The van der Waals surface area contributed by atoms with Crippen LogP contribution in [0.2, 0.25) is 0 Å². The normalized spacial score (nSPS) is 21.3. The van der Waals surface area contributed by atoms with Crippen LogP contribution in [-0.4, -0.2) is 27.7 Å². The Morgan fingerprint density at radius 1 is 1.47 bits per heavy atom. The molecule has 0 aliphatic carbocycles. The van der Waals surface area contributed by atoms with E-state index < -0.39 is 0 Å². The second kappa shape index (κ2) is 3.31. The van der Waals surface area contributed by atoms with Gasteiger partial charge >= 0.3 is 0 Å². The fourth-order valence-electron chi connectivity index (χ4n) is 2.22. The predicted octanol–water partition coefficient (Wildman–Crippen LogP) is 1.11. The summed E-state index contributed by atoms with van der Waals surface area (Å²) >= 11 is 0. The van der Waals surface area contributed by atoms with Crippen LogP contribution in [0.1, 0.15) is 23.7 Å². The van der Waals surface area contributed by atoms with Crippen molar-refractivity contribution in [3.05, 3.63) is 29.7 Å². The first-order chi connectivity index (χ1) is 7.36. The number of hydrogen-bond donors (Lipinski definition) is 1. The van der Waals surface area contributed by atoms with Crippen molar-refractivity contribution in [3.8, 4) is 0 Å². The summed E-state index contributed by atoms with van der Waals surface area (Å²) in [6.07, 6.45) is 3.21. The van der Waals surface area contributed by atoms with Gasteiger partial charge in [0.05, 0.1) is 0 Å². The number of hydrogen-bond acceptors (Lipinski definition) is 3. The van der Waals surface area contributed by atoms with E-state index in [9.17, 15) is 0 Å². The monoisotopic (exact) mass is 202 g/mol. The minimum absolute atomic E-state index is 0.516. The molecule has 3 heterocycles. The van der Waals surface area contributed by atoms with Crippen LogP contribution in [0, 0.1) is 6.92 Å². The lowest BCUT2D eigenvalue weighted by Crippen LogP contribution is -2.10. The van der Waals surface area contributed by atoms with E-state index in [0.29, 0.717) is 5.92 Å². The van der Waals surface area contributed by atoms with Crippen molar-refractivity contribution in [2.75, 3.05) is 13.1 Å². The summed E-state index contributed by atoms with van der Waals surface area (Å²) in [6.45, 7) is 4.18. The van der Waals surface area contributed by atoms with Crippen LogP contribution in [0.15, 0.2) is 18.3 Å². The summed E-state index contributed by atoms with van der Waals surface area (Å²) in [7, 11) is 0. The summed E-state index contributed by atoms with van der Waals surface area (Å²) in [5, 5.41) is 11.9. The quantitative estimate of drug-likeness (QED) is 0.753. The molecule has 1 aliphatic rings. The highest BCUT2D eigenvalue weighted by Gasteiger charge is 2.21. The molecule has 4 nitrogen and oxygen atoms in total. The standard InChI is InChI=1S/C11H14N4/c1-8-3-2-6-15-10(8)13-14-11(15)9-4-5-12-7-9/h2-3,6,9,12H,4-5,7H2,1H3. The maximum atomic E-state index is 4.31. The van der Waals surface area contributed by atoms with E-state index in [1.165, 1.54) is 5.56 Å². The van der Waals surface area contributed by atoms with Crippen LogP contribution in [0.5, 0.6) is 0 Å². The lowest BCUT2D eigenvalue weighted by atomic mass is 10.1. The minimum atomic E-state index is 0.516. The molecule has 0 amide bonds. The SMILES string of the molecule is Cc1cccn2c(C3CCNC3)nnc12. The fraction of sp³-hybridized carbons (Fsp3) is 0.455. The summed E-state index contributed by atoms with van der Waals surface area (Å²) < 4.78 is 2.12. The summed E-state index contributed by atoms with van der Waals surface area (Å²) in [4.78, 5) is 0. The highest BCUT2D eigenvalue weighted by molar-refractivity contribution is 5.46.